The number of nitrogens with zero attached hydrogens (tertiary/aromatic N) is 3. The maximum absolute atomic E-state index is 12.2. The first kappa shape index (κ1) is 22.7. The van der Waals surface area contributed by atoms with E-state index in [1.54, 1.807) is 18.2 Å². The Morgan fingerprint density at radius 3 is 2.47 bits per heavy atom. The fourth-order valence-corrected chi connectivity index (χ4v) is 2.84. The maximum Gasteiger partial charge on any atom is 0.328 e. The maximum atomic E-state index is 12.2. The second kappa shape index (κ2) is 9.72. The number of aromatic nitrogens is 2. The summed E-state index contributed by atoms with van der Waals surface area (Å²) >= 11 is 0. The van der Waals surface area contributed by atoms with Crippen molar-refractivity contribution < 1.29 is 28.7 Å². The Hall–Kier alpha value is -3.63. The fourth-order valence-electron chi connectivity index (χ4n) is 2.84. The van der Waals surface area contributed by atoms with Crippen molar-refractivity contribution in [1.29, 1.82) is 0 Å². The van der Waals surface area contributed by atoms with Gasteiger partial charge in [-0.05, 0) is 38.5 Å². The Bertz CT molecular complexity index is 955. The van der Waals surface area contributed by atoms with Crippen LogP contribution >= 0.6 is 0 Å². The Morgan fingerprint density at radius 1 is 1.23 bits per heavy atom. The first-order chi connectivity index (χ1) is 14.2. The van der Waals surface area contributed by atoms with Gasteiger partial charge in [0.1, 0.15) is 17.9 Å². The summed E-state index contributed by atoms with van der Waals surface area (Å²) in [5, 5.41) is 17.7. The van der Waals surface area contributed by atoms with Crippen molar-refractivity contribution in [3.05, 3.63) is 45.3 Å². The largest absolute Gasteiger partial charge is 0.493 e. The number of amides is 1. The molecular weight excluding hydrogens is 396 g/mol. The van der Waals surface area contributed by atoms with E-state index in [9.17, 15) is 19.7 Å². The van der Waals surface area contributed by atoms with Gasteiger partial charge in [-0.15, -0.1) is 0 Å². The molecule has 30 heavy (non-hydrogen) atoms. The molecule has 0 spiro atoms. The third-order valence-corrected chi connectivity index (χ3v) is 4.40. The molecule has 1 aromatic heterocycles. The van der Waals surface area contributed by atoms with Gasteiger partial charge in [0.15, 0.2) is 17.6 Å². The summed E-state index contributed by atoms with van der Waals surface area (Å²) in [6.07, 6.45) is -1.05. The molecule has 0 aliphatic carbocycles. The predicted octanol–water partition coefficient (Wildman–Crippen LogP) is 1.67. The molecule has 1 amide bonds. The summed E-state index contributed by atoms with van der Waals surface area (Å²) < 4.78 is 16.7. The highest BCUT2D eigenvalue weighted by atomic mass is 16.6. The first-order valence-electron chi connectivity index (χ1n) is 9.04. The molecular formula is C19H24N4O7. The van der Waals surface area contributed by atoms with Crippen molar-refractivity contribution >= 4 is 17.6 Å². The minimum absolute atomic E-state index is 0.150. The highest BCUT2D eigenvalue weighted by Gasteiger charge is 2.24. The summed E-state index contributed by atoms with van der Waals surface area (Å²) in [6.45, 7) is 4.27. The Kier molecular flexibility index (Phi) is 7.34. The fraction of sp³-hybridized carbons (Fsp3) is 0.421. The second-order valence-corrected chi connectivity index (χ2v) is 6.47. The molecule has 162 valence electrons. The number of rotatable bonds is 9. The molecule has 0 fully saturated rings. The molecule has 11 nitrogen and oxygen atoms in total. The molecule has 1 N–H and O–H groups in total. The molecule has 2 rings (SSSR count). The molecule has 0 bridgehead atoms. The smallest absolute Gasteiger partial charge is 0.328 e. The van der Waals surface area contributed by atoms with Crippen molar-refractivity contribution in [2.45, 2.75) is 40.0 Å². The van der Waals surface area contributed by atoms with Crippen molar-refractivity contribution in [2.75, 3.05) is 14.2 Å². The van der Waals surface area contributed by atoms with E-state index in [0.717, 1.165) is 5.56 Å². The molecule has 1 heterocycles. The third kappa shape index (κ3) is 5.25. The van der Waals surface area contributed by atoms with Gasteiger partial charge in [0.25, 0.3) is 5.91 Å². The van der Waals surface area contributed by atoms with Crippen LogP contribution in [0.1, 0.15) is 23.9 Å². The molecule has 0 aliphatic heterocycles. The highest BCUT2D eigenvalue weighted by molar-refractivity contribution is 5.83. The Morgan fingerprint density at radius 2 is 1.90 bits per heavy atom. The summed E-state index contributed by atoms with van der Waals surface area (Å²) in [5.74, 6) is -0.122. The summed E-state index contributed by atoms with van der Waals surface area (Å²) in [5.41, 5.74) is 1.06. The average molecular weight is 420 g/mol. The van der Waals surface area contributed by atoms with Crippen LogP contribution in [0.4, 0.5) is 5.69 Å². The molecule has 0 saturated heterocycles. The van der Waals surface area contributed by atoms with Gasteiger partial charge in [-0.2, -0.15) is 5.10 Å². The van der Waals surface area contributed by atoms with Gasteiger partial charge in [0.2, 0.25) is 0 Å². The van der Waals surface area contributed by atoms with E-state index in [2.05, 4.69) is 10.4 Å². The molecule has 11 heteroatoms. The number of benzene rings is 1. The van der Waals surface area contributed by atoms with Crippen LogP contribution in [-0.4, -0.2) is 46.9 Å². The van der Waals surface area contributed by atoms with E-state index in [4.69, 9.17) is 14.2 Å². The van der Waals surface area contributed by atoms with Crippen molar-refractivity contribution in [1.82, 2.24) is 15.1 Å². The number of aryl methyl sites for hydroxylation is 1. The van der Waals surface area contributed by atoms with Crippen LogP contribution < -0.4 is 14.8 Å². The average Bonchev–Trinajstić information content (AvgIpc) is 2.98. The van der Waals surface area contributed by atoms with E-state index in [-0.39, 0.29) is 30.2 Å². The van der Waals surface area contributed by atoms with E-state index in [1.165, 1.54) is 39.7 Å². The lowest BCUT2D eigenvalue weighted by Gasteiger charge is -2.14. The summed E-state index contributed by atoms with van der Waals surface area (Å²) in [4.78, 5) is 34.9. The van der Waals surface area contributed by atoms with Crippen LogP contribution in [0.5, 0.6) is 11.5 Å². The van der Waals surface area contributed by atoms with Gasteiger partial charge in [-0.1, -0.05) is 6.07 Å². The number of ether oxygens (including phenoxy) is 3. The van der Waals surface area contributed by atoms with Crippen LogP contribution in [0, 0.1) is 24.0 Å². The topological polar surface area (TPSA) is 135 Å². The third-order valence-electron chi connectivity index (χ3n) is 4.40. The normalized spacial score (nSPS) is 11.5. The molecule has 0 radical (unpaired) electrons. The number of hydrogen-bond donors (Lipinski definition) is 1. The van der Waals surface area contributed by atoms with Gasteiger partial charge >= 0.3 is 11.7 Å². The van der Waals surface area contributed by atoms with Crippen molar-refractivity contribution in [3.63, 3.8) is 0 Å². The lowest BCUT2D eigenvalue weighted by molar-refractivity contribution is -0.386. The number of carbonyl (C=O) groups excluding carboxylic acids is 2. The number of methoxy groups -OCH3 is 2. The number of nitro groups is 1. The molecule has 1 atom stereocenters. The quantitative estimate of drug-likeness (QED) is 0.368. The summed E-state index contributed by atoms with van der Waals surface area (Å²) in [6, 6.07) is 5.22. The Balaban J connectivity index is 1.92. The van der Waals surface area contributed by atoms with E-state index < -0.39 is 22.9 Å². The van der Waals surface area contributed by atoms with E-state index in [0.29, 0.717) is 11.5 Å². The molecule has 1 unspecified atom stereocenters. The number of carbonyl (C=O) groups is 2. The van der Waals surface area contributed by atoms with Gasteiger partial charge < -0.3 is 19.5 Å². The number of hydrogen-bond acceptors (Lipinski definition) is 8. The predicted molar refractivity (Wildman–Crippen MR) is 105 cm³/mol. The zero-order valence-electron chi connectivity index (χ0n) is 17.4. The van der Waals surface area contributed by atoms with Crippen LogP contribution in [0.3, 0.4) is 0 Å². The van der Waals surface area contributed by atoms with Crippen molar-refractivity contribution in [3.8, 4) is 11.5 Å². The number of esters is 1. The lowest BCUT2D eigenvalue weighted by Crippen LogP contribution is -2.36. The second-order valence-electron chi connectivity index (χ2n) is 6.47. The SMILES string of the molecule is COc1ccc(CNC(=O)C(C)OC(=O)Cn2nc(C)c([N+](=O)[O-])c2C)cc1OC. The van der Waals surface area contributed by atoms with Gasteiger partial charge in [0, 0.05) is 6.54 Å². The van der Waals surface area contributed by atoms with E-state index >= 15 is 0 Å². The zero-order chi connectivity index (χ0) is 22.4. The molecule has 0 saturated carbocycles. The van der Waals surface area contributed by atoms with Crippen molar-refractivity contribution in [2.24, 2.45) is 0 Å². The highest BCUT2D eigenvalue weighted by Crippen LogP contribution is 2.27. The van der Waals surface area contributed by atoms with Crippen LogP contribution in [0.25, 0.3) is 0 Å². The Labute approximate surface area is 173 Å². The lowest BCUT2D eigenvalue weighted by atomic mass is 10.2. The van der Waals surface area contributed by atoms with Crippen LogP contribution in [0.15, 0.2) is 18.2 Å². The standard InChI is InChI=1S/C19H24N4O7/c1-11-18(23(26)27)12(2)22(21-11)10-17(24)30-13(3)19(25)20-9-14-6-7-15(28-4)16(8-14)29-5/h6-8,13H,9-10H2,1-5H3,(H,20,25). The minimum Gasteiger partial charge on any atom is -0.493 e. The minimum atomic E-state index is -1.05. The zero-order valence-corrected chi connectivity index (χ0v) is 17.4. The van der Waals surface area contributed by atoms with Crippen LogP contribution in [0.2, 0.25) is 0 Å². The first-order valence-corrected chi connectivity index (χ1v) is 9.04. The van der Waals surface area contributed by atoms with E-state index in [1.807, 2.05) is 0 Å². The van der Waals surface area contributed by atoms with Gasteiger partial charge in [-0.3, -0.25) is 24.4 Å². The summed E-state index contributed by atoms with van der Waals surface area (Å²) in [7, 11) is 3.04. The van der Waals surface area contributed by atoms with Gasteiger partial charge in [0.05, 0.1) is 19.1 Å². The van der Waals surface area contributed by atoms with Crippen LogP contribution in [-0.2, 0) is 27.4 Å². The van der Waals surface area contributed by atoms with Gasteiger partial charge in [-0.25, -0.2) is 0 Å². The number of nitrogens with one attached hydrogen (secondary N) is 1. The molecule has 2 aromatic rings. The molecule has 0 aliphatic rings. The molecule has 1 aromatic carbocycles. The monoisotopic (exact) mass is 420 g/mol.